The second-order valence-corrected chi connectivity index (χ2v) is 4.54. The monoisotopic (exact) mass is 297 g/mol. The molecule has 4 nitrogen and oxygen atoms in total. The highest BCUT2D eigenvalue weighted by atomic mass is 16.5. The number of hydrogen-bond donors (Lipinski definition) is 1. The molecule has 2 aromatic rings. The van der Waals surface area contributed by atoms with E-state index in [4.69, 9.17) is 9.47 Å². The van der Waals surface area contributed by atoms with Crippen molar-refractivity contribution in [2.75, 3.05) is 19.8 Å². The minimum Gasteiger partial charge on any atom is -0.492 e. The maximum Gasteiger partial charge on any atom is 0.251 e. The lowest BCUT2D eigenvalue weighted by Crippen LogP contribution is -2.28. The van der Waals surface area contributed by atoms with Crippen LogP contribution in [0.1, 0.15) is 10.4 Å². The fourth-order valence-electron chi connectivity index (χ4n) is 1.81. The Hall–Kier alpha value is -2.75. The molecule has 0 heterocycles. The van der Waals surface area contributed by atoms with Crippen LogP contribution < -0.4 is 14.8 Å². The largest absolute Gasteiger partial charge is 0.492 e. The third-order valence-electron chi connectivity index (χ3n) is 2.88. The van der Waals surface area contributed by atoms with Crippen molar-refractivity contribution < 1.29 is 14.3 Å². The quantitative estimate of drug-likeness (QED) is 0.602. The van der Waals surface area contributed by atoms with Gasteiger partial charge in [-0.05, 0) is 36.4 Å². The number of rotatable bonds is 8. The smallest absolute Gasteiger partial charge is 0.251 e. The molecule has 0 atom stereocenters. The normalized spacial score (nSPS) is 9.82. The highest BCUT2D eigenvalue weighted by Gasteiger charge is 2.05. The maximum atomic E-state index is 12.0. The van der Waals surface area contributed by atoms with E-state index in [0.717, 1.165) is 5.75 Å². The molecule has 0 aliphatic rings. The summed E-state index contributed by atoms with van der Waals surface area (Å²) >= 11 is 0. The van der Waals surface area contributed by atoms with E-state index in [1.807, 2.05) is 30.3 Å². The van der Waals surface area contributed by atoms with Crippen LogP contribution in [0, 0.1) is 0 Å². The van der Waals surface area contributed by atoms with Gasteiger partial charge in [0.15, 0.2) is 0 Å². The Labute approximate surface area is 130 Å². The van der Waals surface area contributed by atoms with Crippen LogP contribution in [-0.4, -0.2) is 25.7 Å². The molecular formula is C18H19NO3. The molecule has 0 unspecified atom stereocenters. The standard InChI is InChI=1S/C18H19NO3/c1-2-13-21-17-10-8-15(9-11-17)18(20)19-12-14-22-16-6-4-3-5-7-16/h2-11H,1,12-14H2,(H,19,20). The van der Waals surface area contributed by atoms with Crippen molar-refractivity contribution in [1.29, 1.82) is 0 Å². The van der Waals surface area contributed by atoms with E-state index in [2.05, 4.69) is 11.9 Å². The first-order chi connectivity index (χ1) is 10.8. The van der Waals surface area contributed by atoms with Gasteiger partial charge < -0.3 is 14.8 Å². The van der Waals surface area contributed by atoms with Gasteiger partial charge in [0.05, 0.1) is 6.54 Å². The van der Waals surface area contributed by atoms with E-state index in [0.29, 0.717) is 31.1 Å². The summed E-state index contributed by atoms with van der Waals surface area (Å²) < 4.78 is 10.9. The van der Waals surface area contributed by atoms with Crippen LogP contribution in [0.3, 0.4) is 0 Å². The molecule has 0 aliphatic carbocycles. The lowest BCUT2D eigenvalue weighted by atomic mass is 10.2. The topological polar surface area (TPSA) is 47.6 Å². The number of amides is 1. The minimum absolute atomic E-state index is 0.132. The van der Waals surface area contributed by atoms with Gasteiger partial charge in [-0.2, -0.15) is 0 Å². The first-order valence-corrected chi connectivity index (χ1v) is 7.09. The molecule has 4 heteroatoms. The average molecular weight is 297 g/mol. The predicted molar refractivity (Wildman–Crippen MR) is 86.4 cm³/mol. The van der Waals surface area contributed by atoms with Gasteiger partial charge in [-0.15, -0.1) is 0 Å². The molecule has 0 saturated heterocycles. The summed E-state index contributed by atoms with van der Waals surface area (Å²) in [6, 6.07) is 16.5. The Morgan fingerprint density at radius 2 is 1.68 bits per heavy atom. The van der Waals surface area contributed by atoms with E-state index in [-0.39, 0.29) is 5.91 Å². The molecule has 22 heavy (non-hydrogen) atoms. The summed E-state index contributed by atoms with van der Waals surface area (Å²) in [6.07, 6.45) is 1.67. The summed E-state index contributed by atoms with van der Waals surface area (Å²) in [6.45, 7) is 4.90. The van der Waals surface area contributed by atoms with Crippen LogP contribution in [0.2, 0.25) is 0 Å². The van der Waals surface area contributed by atoms with E-state index >= 15 is 0 Å². The van der Waals surface area contributed by atoms with Gasteiger partial charge in [-0.25, -0.2) is 0 Å². The Morgan fingerprint density at radius 1 is 1.00 bits per heavy atom. The number of hydrogen-bond acceptors (Lipinski definition) is 3. The van der Waals surface area contributed by atoms with E-state index in [9.17, 15) is 4.79 Å². The van der Waals surface area contributed by atoms with Gasteiger partial charge in [0.25, 0.3) is 5.91 Å². The number of benzene rings is 2. The molecule has 0 fully saturated rings. The molecule has 0 aromatic heterocycles. The van der Waals surface area contributed by atoms with Crippen molar-refractivity contribution in [2.45, 2.75) is 0 Å². The SMILES string of the molecule is C=CCOc1ccc(C(=O)NCCOc2ccccc2)cc1. The zero-order chi connectivity index (χ0) is 15.6. The Balaban J connectivity index is 1.73. The van der Waals surface area contributed by atoms with Crippen LogP contribution in [0.4, 0.5) is 0 Å². The van der Waals surface area contributed by atoms with Crippen molar-refractivity contribution in [3.8, 4) is 11.5 Å². The van der Waals surface area contributed by atoms with Gasteiger partial charge in [-0.1, -0.05) is 30.9 Å². The van der Waals surface area contributed by atoms with Crippen molar-refractivity contribution in [2.24, 2.45) is 0 Å². The summed E-state index contributed by atoms with van der Waals surface area (Å²) in [5, 5.41) is 2.81. The molecule has 1 amide bonds. The lowest BCUT2D eigenvalue weighted by molar-refractivity contribution is 0.0947. The van der Waals surface area contributed by atoms with Crippen LogP contribution >= 0.6 is 0 Å². The minimum atomic E-state index is -0.132. The van der Waals surface area contributed by atoms with Crippen LogP contribution in [0.15, 0.2) is 67.3 Å². The Kier molecular flexibility index (Phi) is 6.05. The van der Waals surface area contributed by atoms with Gasteiger partial charge in [-0.3, -0.25) is 4.79 Å². The van der Waals surface area contributed by atoms with Crippen molar-refractivity contribution in [3.05, 3.63) is 72.8 Å². The highest BCUT2D eigenvalue weighted by Crippen LogP contribution is 2.12. The van der Waals surface area contributed by atoms with Crippen molar-refractivity contribution in [1.82, 2.24) is 5.32 Å². The number of carbonyl (C=O) groups is 1. The molecule has 0 saturated carbocycles. The number of carbonyl (C=O) groups excluding carboxylic acids is 1. The lowest BCUT2D eigenvalue weighted by Gasteiger charge is -2.08. The first-order valence-electron chi connectivity index (χ1n) is 7.09. The molecular weight excluding hydrogens is 278 g/mol. The van der Waals surface area contributed by atoms with Crippen LogP contribution in [0.25, 0.3) is 0 Å². The van der Waals surface area contributed by atoms with Crippen LogP contribution in [-0.2, 0) is 0 Å². The molecule has 1 N–H and O–H groups in total. The molecule has 114 valence electrons. The third kappa shape index (κ3) is 4.98. The molecule has 0 aliphatic heterocycles. The summed E-state index contributed by atoms with van der Waals surface area (Å²) in [4.78, 5) is 12.0. The van der Waals surface area contributed by atoms with Crippen molar-refractivity contribution in [3.63, 3.8) is 0 Å². The first kappa shape index (κ1) is 15.6. The van der Waals surface area contributed by atoms with E-state index in [1.54, 1.807) is 30.3 Å². The summed E-state index contributed by atoms with van der Waals surface area (Å²) in [5.41, 5.74) is 0.589. The van der Waals surface area contributed by atoms with E-state index in [1.165, 1.54) is 0 Å². The number of nitrogens with one attached hydrogen (secondary N) is 1. The highest BCUT2D eigenvalue weighted by molar-refractivity contribution is 5.94. The summed E-state index contributed by atoms with van der Waals surface area (Å²) in [7, 11) is 0. The molecule has 0 spiro atoms. The second-order valence-electron chi connectivity index (χ2n) is 4.54. The van der Waals surface area contributed by atoms with Gasteiger partial charge in [0.2, 0.25) is 0 Å². The van der Waals surface area contributed by atoms with E-state index < -0.39 is 0 Å². The maximum absolute atomic E-state index is 12.0. The number of para-hydroxylation sites is 1. The fourth-order valence-corrected chi connectivity index (χ4v) is 1.81. The van der Waals surface area contributed by atoms with Gasteiger partial charge in [0.1, 0.15) is 24.7 Å². The zero-order valence-electron chi connectivity index (χ0n) is 12.3. The Bertz CT molecular complexity index is 593. The van der Waals surface area contributed by atoms with Crippen LogP contribution in [0.5, 0.6) is 11.5 Å². The Morgan fingerprint density at radius 3 is 2.36 bits per heavy atom. The average Bonchev–Trinajstić information content (AvgIpc) is 2.58. The molecule has 2 rings (SSSR count). The van der Waals surface area contributed by atoms with Crippen molar-refractivity contribution >= 4 is 5.91 Å². The number of ether oxygens (including phenoxy) is 2. The third-order valence-corrected chi connectivity index (χ3v) is 2.88. The second kappa shape index (κ2) is 8.52. The zero-order valence-corrected chi connectivity index (χ0v) is 12.3. The molecule has 2 aromatic carbocycles. The molecule has 0 bridgehead atoms. The van der Waals surface area contributed by atoms with Gasteiger partial charge in [0, 0.05) is 5.56 Å². The molecule has 0 radical (unpaired) electrons. The van der Waals surface area contributed by atoms with Gasteiger partial charge >= 0.3 is 0 Å². The predicted octanol–water partition coefficient (Wildman–Crippen LogP) is 3.06. The fraction of sp³-hybridized carbons (Fsp3) is 0.167. The summed E-state index contributed by atoms with van der Waals surface area (Å²) in [5.74, 6) is 1.37.